The van der Waals surface area contributed by atoms with Gasteiger partial charge in [-0.2, -0.15) is 5.10 Å². The molecule has 0 saturated heterocycles. The highest BCUT2D eigenvalue weighted by molar-refractivity contribution is 7.07. The van der Waals surface area contributed by atoms with Gasteiger partial charge < -0.3 is 9.15 Å². The molecule has 2 aromatic heterocycles. The predicted molar refractivity (Wildman–Crippen MR) is 92.1 cm³/mol. The maximum Gasteiger partial charge on any atom is 0.206 e. The molecule has 3 rings (SSSR count). The molecule has 2 heterocycles. The largest absolute Gasteiger partial charge is 0.497 e. The summed E-state index contributed by atoms with van der Waals surface area (Å²) in [5, 5.41) is 6.58. The summed E-state index contributed by atoms with van der Waals surface area (Å²) >= 11 is 1.56. The van der Waals surface area contributed by atoms with Crippen LogP contribution in [0.15, 0.2) is 62.6 Å². The summed E-state index contributed by atoms with van der Waals surface area (Å²) in [4.78, 5) is 5.35. The number of rotatable bonds is 5. The molecule has 0 aliphatic heterocycles. The first-order chi connectivity index (χ1) is 11.3. The second kappa shape index (κ2) is 7.11. The zero-order chi connectivity index (χ0) is 16.1. The second-order valence-electron chi connectivity index (χ2n) is 4.68. The van der Waals surface area contributed by atoms with E-state index < -0.39 is 0 Å². The molecule has 0 bridgehead atoms. The lowest BCUT2D eigenvalue weighted by molar-refractivity contribution is 0.415. The van der Waals surface area contributed by atoms with E-state index in [1.807, 2.05) is 48.0 Å². The van der Waals surface area contributed by atoms with Crippen LogP contribution in [0.4, 0.5) is 0 Å². The number of thiazole rings is 1. The lowest BCUT2D eigenvalue weighted by Gasteiger charge is -2.04. The van der Waals surface area contributed by atoms with Gasteiger partial charge in [0.05, 0.1) is 25.3 Å². The highest BCUT2D eigenvalue weighted by atomic mass is 32.1. The molecule has 0 atom stereocenters. The van der Waals surface area contributed by atoms with Crippen molar-refractivity contribution in [2.75, 3.05) is 13.7 Å². The number of hydrogen-bond acceptors (Lipinski definition) is 5. The van der Waals surface area contributed by atoms with Crippen LogP contribution in [0.3, 0.4) is 0 Å². The van der Waals surface area contributed by atoms with E-state index in [0.717, 1.165) is 21.8 Å². The lowest BCUT2D eigenvalue weighted by atomic mass is 10.2. The highest BCUT2D eigenvalue weighted by Gasteiger charge is 2.07. The average Bonchev–Trinajstić information content (AvgIpc) is 3.23. The molecule has 0 fully saturated rings. The lowest BCUT2D eigenvalue weighted by Crippen LogP contribution is -2.12. The summed E-state index contributed by atoms with van der Waals surface area (Å²) in [6.07, 6.45) is 3.32. The van der Waals surface area contributed by atoms with Gasteiger partial charge in [-0.1, -0.05) is 0 Å². The van der Waals surface area contributed by atoms with Crippen LogP contribution in [0.1, 0.15) is 12.7 Å². The van der Waals surface area contributed by atoms with Crippen molar-refractivity contribution in [3.8, 4) is 17.0 Å². The molecule has 118 valence electrons. The van der Waals surface area contributed by atoms with Crippen molar-refractivity contribution < 1.29 is 9.15 Å². The zero-order valence-corrected chi connectivity index (χ0v) is 13.8. The number of hydrogen-bond donors (Lipinski definition) is 0. The first-order valence-corrected chi connectivity index (χ1v) is 8.13. The SMILES string of the molecule is CCN=c1scc(-c2ccc(OC)cc2)n1N=Cc1ccco1. The Morgan fingerprint density at radius 2 is 2.09 bits per heavy atom. The quantitative estimate of drug-likeness (QED) is 0.672. The third kappa shape index (κ3) is 3.43. The Labute approximate surface area is 138 Å². The van der Waals surface area contributed by atoms with Crippen LogP contribution in [0.2, 0.25) is 0 Å². The summed E-state index contributed by atoms with van der Waals surface area (Å²) in [6, 6.07) is 11.6. The predicted octanol–water partition coefficient (Wildman–Crippen LogP) is 3.62. The van der Waals surface area contributed by atoms with Crippen LogP contribution in [0.25, 0.3) is 11.3 Å². The monoisotopic (exact) mass is 327 g/mol. The molecule has 1 aromatic carbocycles. The summed E-state index contributed by atoms with van der Waals surface area (Å²) in [6.45, 7) is 2.71. The van der Waals surface area contributed by atoms with Crippen LogP contribution < -0.4 is 9.54 Å². The summed E-state index contributed by atoms with van der Waals surface area (Å²) in [7, 11) is 1.66. The molecular formula is C17H17N3O2S. The Morgan fingerprint density at radius 1 is 1.26 bits per heavy atom. The van der Waals surface area contributed by atoms with Gasteiger partial charge in [0.2, 0.25) is 4.80 Å². The summed E-state index contributed by atoms with van der Waals surface area (Å²) in [5.41, 5.74) is 2.03. The van der Waals surface area contributed by atoms with Crippen molar-refractivity contribution in [1.29, 1.82) is 0 Å². The van der Waals surface area contributed by atoms with E-state index in [2.05, 4.69) is 15.5 Å². The van der Waals surface area contributed by atoms with Crippen molar-refractivity contribution in [1.82, 2.24) is 4.68 Å². The molecule has 6 heteroatoms. The molecule has 5 nitrogen and oxygen atoms in total. The third-order valence-corrected chi connectivity index (χ3v) is 4.06. The molecule has 0 amide bonds. The van der Waals surface area contributed by atoms with Gasteiger partial charge in [-0.15, -0.1) is 11.3 Å². The van der Waals surface area contributed by atoms with Gasteiger partial charge in [0, 0.05) is 17.5 Å². The Morgan fingerprint density at radius 3 is 2.74 bits per heavy atom. The number of ether oxygens (including phenoxy) is 1. The first-order valence-electron chi connectivity index (χ1n) is 7.25. The maximum atomic E-state index is 5.30. The van der Waals surface area contributed by atoms with Gasteiger partial charge in [-0.05, 0) is 43.3 Å². The normalized spacial score (nSPS) is 12.2. The minimum Gasteiger partial charge on any atom is -0.497 e. The maximum absolute atomic E-state index is 5.30. The van der Waals surface area contributed by atoms with Crippen molar-refractivity contribution in [2.24, 2.45) is 10.1 Å². The van der Waals surface area contributed by atoms with E-state index in [1.165, 1.54) is 0 Å². The molecule has 0 spiro atoms. The van der Waals surface area contributed by atoms with E-state index in [0.29, 0.717) is 12.3 Å². The number of aromatic nitrogens is 1. The van der Waals surface area contributed by atoms with Gasteiger partial charge in [0.15, 0.2) is 0 Å². The molecule has 23 heavy (non-hydrogen) atoms. The van der Waals surface area contributed by atoms with Gasteiger partial charge in [-0.3, -0.25) is 4.99 Å². The van der Waals surface area contributed by atoms with Gasteiger partial charge in [0.1, 0.15) is 11.5 Å². The van der Waals surface area contributed by atoms with E-state index in [9.17, 15) is 0 Å². The molecule has 0 N–H and O–H groups in total. The average molecular weight is 327 g/mol. The van der Waals surface area contributed by atoms with E-state index in [-0.39, 0.29) is 0 Å². The zero-order valence-electron chi connectivity index (χ0n) is 13.0. The molecule has 0 radical (unpaired) electrons. The van der Waals surface area contributed by atoms with E-state index in [4.69, 9.17) is 9.15 Å². The smallest absolute Gasteiger partial charge is 0.206 e. The Hall–Kier alpha value is -2.60. The van der Waals surface area contributed by atoms with Crippen LogP contribution in [-0.4, -0.2) is 24.5 Å². The second-order valence-corrected chi connectivity index (χ2v) is 5.51. The molecule has 3 aromatic rings. The van der Waals surface area contributed by atoms with Crippen LogP contribution in [0.5, 0.6) is 5.75 Å². The number of benzene rings is 1. The van der Waals surface area contributed by atoms with Crippen LogP contribution >= 0.6 is 11.3 Å². The number of furan rings is 1. The highest BCUT2D eigenvalue weighted by Crippen LogP contribution is 2.23. The molecular weight excluding hydrogens is 310 g/mol. The van der Waals surface area contributed by atoms with Crippen molar-refractivity contribution >= 4 is 17.6 Å². The number of methoxy groups -OCH3 is 1. The molecule has 0 aliphatic carbocycles. The van der Waals surface area contributed by atoms with E-state index >= 15 is 0 Å². The van der Waals surface area contributed by atoms with Crippen molar-refractivity contribution in [3.05, 3.63) is 58.6 Å². The molecule has 0 unspecified atom stereocenters. The van der Waals surface area contributed by atoms with Gasteiger partial charge in [0.25, 0.3) is 0 Å². The van der Waals surface area contributed by atoms with Crippen molar-refractivity contribution in [2.45, 2.75) is 6.92 Å². The topological polar surface area (TPSA) is 52.0 Å². The Kier molecular flexibility index (Phi) is 4.73. The van der Waals surface area contributed by atoms with Crippen LogP contribution in [0, 0.1) is 0 Å². The van der Waals surface area contributed by atoms with Gasteiger partial charge in [-0.25, -0.2) is 4.68 Å². The van der Waals surface area contributed by atoms with E-state index in [1.54, 1.807) is 30.9 Å². The Bertz CT molecular complexity index is 843. The molecule has 0 aliphatic rings. The third-order valence-electron chi connectivity index (χ3n) is 3.21. The molecule has 0 saturated carbocycles. The minimum absolute atomic E-state index is 0.701. The fourth-order valence-corrected chi connectivity index (χ4v) is 3.00. The summed E-state index contributed by atoms with van der Waals surface area (Å²) in [5.74, 6) is 1.53. The fraction of sp³-hybridized carbons (Fsp3) is 0.176. The number of nitrogens with zero attached hydrogens (tertiary/aromatic N) is 3. The fourth-order valence-electron chi connectivity index (χ4n) is 2.09. The van der Waals surface area contributed by atoms with Gasteiger partial charge >= 0.3 is 0 Å². The summed E-state index contributed by atoms with van der Waals surface area (Å²) < 4.78 is 12.3. The van der Waals surface area contributed by atoms with Crippen molar-refractivity contribution in [3.63, 3.8) is 0 Å². The van der Waals surface area contributed by atoms with Crippen LogP contribution in [-0.2, 0) is 0 Å². The Balaban J connectivity index is 2.04. The minimum atomic E-state index is 0.701. The standard InChI is InChI=1S/C17H17N3O2S/c1-3-18-17-20(19-11-15-5-4-10-22-15)16(12-23-17)13-6-8-14(21-2)9-7-13/h4-12H,3H2,1-2H3. The first kappa shape index (κ1) is 15.3.